The van der Waals surface area contributed by atoms with Gasteiger partial charge in [0.1, 0.15) is 18.2 Å². The van der Waals surface area contributed by atoms with E-state index in [1.54, 1.807) is 0 Å². The summed E-state index contributed by atoms with van der Waals surface area (Å²) < 4.78 is 11.0. The minimum atomic E-state index is -0.110. The average molecular weight is 316 g/mol. The second kappa shape index (κ2) is 6.11. The number of benzene rings is 1. The lowest BCUT2D eigenvalue weighted by Gasteiger charge is -2.18. The number of rotatable bonds is 4. The molecule has 114 valence electrons. The number of anilines is 1. The Bertz CT molecular complexity index is 724. The molecule has 1 aromatic heterocycles. The highest BCUT2D eigenvalue weighted by atomic mass is 32.1. The van der Waals surface area contributed by atoms with E-state index in [0.717, 1.165) is 21.9 Å². The Morgan fingerprint density at radius 3 is 2.82 bits per heavy atom. The first-order valence-corrected chi connectivity index (χ1v) is 7.72. The van der Waals surface area contributed by atoms with Gasteiger partial charge in [0.2, 0.25) is 5.91 Å². The van der Waals surface area contributed by atoms with E-state index in [9.17, 15) is 4.79 Å². The summed E-state index contributed by atoms with van der Waals surface area (Å²) in [6, 6.07) is 7.37. The molecule has 1 aliphatic rings. The molecule has 0 radical (unpaired) electrons. The molecule has 2 heterocycles. The van der Waals surface area contributed by atoms with Gasteiger partial charge in [0, 0.05) is 11.3 Å². The fraction of sp³-hybridized carbons (Fsp3) is 0.188. The van der Waals surface area contributed by atoms with Crippen LogP contribution in [0, 0.1) is 0 Å². The number of ether oxygens (including phenoxy) is 2. The van der Waals surface area contributed by atoms with Crippen molar-refractivity contribution in [2.75, 3.05) is 18.5 Å². The van der Waals surface area contributed by atoms with Crippen LogP contribution >= 0.6 is 11.3 Å². The first kappa shape index (κ1) is 14.5. The highest BCUT2D eigenvalue weighted by molar-refractivity contribution is 7.14. The number of amides is 1. The second-order valence-electron chi connectivity index (χ2n) is 4.89. The van der Waals surface area contributed by atoms with E-state index < -0.39 is 0 Å². The summed E-state index contributed by atoms with van der Waals surface area (Å²) in [5.74, 6) is 1.29. The molecule has 6 heteroatoms. The van der Waals surface area contributed by atoms with E-state index >= 15 is 0 Å². The van der Waals surface area contributed by atoms with E-state index in [0.29, 0.717) is 24.7 Å². The zero-order valence-electron chi connectivity index (χ0n) is 11.9. The molecule has 1 aliphatic heterocycles. The number of carbonyl (C=O) groups excluding carboxylic acids is 1. The number of hydrogen-bond acceptors (Lipinski definition) is 5. The molecule has 5 nitrogen and oxygen atoms in total. The van der Waals surface area contributed by atoms with Crippen LogP contribution in [0.5, 0.6) is 11.5 Å². The summed E-state index contributed by atoms with van der Waals surface area (Å²) >= 11 is 1.42. The van der Waals surface area contributed by atoms with Gasteiger partial charge in [-0.1, -0.05) is 12.6 Å². The van der Waals surface area contributed by atoms with Crippen molar-refractivity contribution in [3.05, 3.63) is 47.4 Å². The monoisotopic (exact) mass is 316 g/mol. The summed E-state index contributed by atoms with van der Waals surface area (Å²) in [5, 5.41) is 5.45. The van der Waals surface area contributed by atoms with E-state index in [1.807, 2.05) is 29.6 Å². The molecule has 0 fully saturated rings. The Morgan fingerprint density at radius 2 is 2.05 bits per heavy atom. The van der Waals surface area contributed by atoms with E-state index in [1.165, 1.54) is 11.3 Å². The molecule has 2 aromatic rings. The SMILES string of the molecule is C=C(N)c1ccsc1NC(=O)Cc1ccc2c(c1)OCCO2. The van der Waals surface area contributed by atoms with Gasteiger partial charge >= 0.3 is 0 Å². The van der Waals surface area contributed by atoms with Gasteiger partial charge in [0.25, 0.3) is 0 Å². The number of fused-ring (bicyclic) bond motifs is 1. The van der Waals surface area contributed by atoms with Crippen LogP contribution in [0.4, 0.5) is 5.00 Å². The summed E-state index contributed by atoms with van der Waals surface area (Å²) in [5.41, 5.74) is 7.77. The van der Waals surface area contributed by atoms with Crippen molar-refractivity contribution in [2.24, 2.45) is 5.73 Å². The summed E-state index contributed by atoms with van der Waals surface area (Å²) in [6.07, 6.45) is 0.255. The van der Waals surface area contributed by atoms with E-state index in [-0.39, 0.29) is 12.3 Å². The topological polar surface area (TPSA) is 73.6 Å². The second-order valence-corrected chi connectivity index (χ2v) is 5.81. The van der Waals surface area contributed by atoms with Crippen LogP contribution in [0.15, 0.2) is 36.2 Å². The van der Waals surface area contributed by atoms with Gasteiger partial charge in [0.05, 0.1) is 6.42 Å². The normalized spacial score (nSPS) is 12.7. The lowest BCUT2D eigenvalue weighted by Crippen LogP contribution is -2.17. The first-order chi connectivity index (χ1) is 10.6. The molecule has 0 aliphatic carbocycles. The van der Waals surface area contributed by atoms with E-state index in [2.05, 4.69) is 11.9 Å². The molecule has 0 unspecified atom stereocenters. The summed E-state index contributed by atoms with van der Waals surface area (Å²) in [4.78, 5) is 12.2. The van der Waals surface area contributed by atoms with Gasteiger partial charge in [0.15, 0.2) is 11.5 Å². The van der Waals surface area contributed by atoms with Crippen LogP contribution in [0.2, 0.25) is 0 Å². The molecule has 1 amide bonds. The smallest absolute Gasteiger partial charge is 0.229 e. The van der Waals surface area contributed by atoms with Crippen LogP contribution < -0.4 is 20.5 Å². The maximum Gasteiger partial charge on any atom is 0.229 e. The Kier molecular flexibility index (Phi) is 4.02. The Balaban J connectivity index is 1.69. The summed E-state index contributed by atoms with van der Waals surface area (Å²) in [6.45, 7) is 4.78. The molecule has 3 rings (SSSR count). The fourth-order valence-electron chi connectivity index (χ4n) is 2.21. The number of carbonyl (C=O) groups is 1. The largest absolute Gasteiger partial charge is 0.486 e. The van der Waals surface area contributed by atoms with Crippen molar-refractivity contribution < 1.29 is 14.3 Å². The molecule has 0 atom stereocenters. The number of nitrogens with one attached hydrogen (secondary N) is 1. The molecule has 0 saturated heterocycles. The van der Waals surface area contributed by atoms with Crippen LogP contribution in [-0.2, 0) is 11.2 Å². The molecular formula is C16H16N2O3S. The number of nitrogens with two attached hydrogens (primary N) is 1. The average Bonchev–Trinajstić information content (AvgIpc) is 2.95. The van der Waals surface area contributed by atoms with Gasteiger partial charge < -0.3 is 20.5 Å². The number of thiophene rings is 1. The Labute approximate surface area is 132 Å². The van der Waals surface area contributed by atoms with Crippen LogP contribution in [-0.4, -0.2) is 19.1 Å². The Hall–Kier alpha value is -2.47. The van der Waals surface area contributed by atoms with Gasteiger partial charge in [-0.2, -0.15) is 0 Å². The molecule has 22 heavy (non-hydrogen) atoms. The van der Waals surface area contributed by atoms with Gasteiger partial charge in [-0.25, -0.2) is 0 Å². The van der Waals surface area contributed by atoms with Gasteiger partial charge in [-0.3, -0.25) is 4.79 Å². The molecule has 0 bridgehead atoms. The van der Waals surface area contributed by atoms with Crippen molar-refractivity contribution >= 4 is 27.9 Å². The van der Waals surface area contributed by atoms with Crippen molar-refractivity contribution in [1.29, 1.82) is 0 Å². The highest BCUT2D eigenvalue weighted by Crippen LogP contribution is 2.31. The number of hydrogen-bond donors (Lipinski definition) is 2. The third-order valence-electron chi connectivity index (χ3n) is 3.24. The molecule has 1 aromatic carbocycles. The minimum absolute atomic E-state index is 0.110. The molecule has 0 saturated carbocycles. The molecular weight excluding hydrogens is 300 g/mol. The predicted octanol–water partition coefficient (Wildman–Crippen LogP) is 2.63. The predicted molar refractivity (Wildman–Crippen MR) is 87.3 cm³/mol. The van der Waals surface area contributed by atoms with Crippen LogP contribution in [0.3, 0.4) is 0 Å². The maximum absolute atomic E-state index is 12.2. The van der Waals surface area contributed by atoms with Crippen molar-refractivity contribution in [2.45, 2.75) is 6.42 Å². The lowest BCUT2D eigenvalue weighted by molar-refractivity contribution is -0.115. The zero-order valence-corrected chi connectivity index (χ0v) is 12.7. The lowest BCUT2D eigenvalue weighted by atomic mass is 10.1. The van der Waals surface area contributed by atoms with Gasteiger partial charge in [-0.15, -0.1) is 11.3 Å². The third kappa shape index (κ3) is 3.07. The standard InChI is InChI=1S/C16H16N2O3S/c1-10(17)12-4-7-22-16(12)18-15(19)9-11-2-3-13-14(8-11)21-6-5-20-13/h2-4,7-8H,1,5-6,9,17H2,(H,18,19). The van der Waals surface area contributed by atoms with Crippen molar-refractivity contribution in [1.82, 2.24) is 0 Å². The van der Waals surface area contributed by atoms with E-state index in [4.69, 9.17) is 15.2 Å². The van der Waals surface area contributed by atoms with Crippen molar-refractivity contribution in [3.8, 4) is 11.5 Å². The quantitative estimate of drug-likeness (QED) is 0.909. The fourth-order valence-corrected chi connectivity index (χ4v) is 3.05. The molecule has 3 N–H and O–H groups in total. The maximum atomic E-state index is 12.2. The first-order valence-electron chi connectivity index (χ1n) is 6.84. The molecule has 0 spiro atoms. The van der Waals surface area contributed by atoms with Crippen molar-refractivity contribution in [3.63, 3.8) is 0 Å². The Morgan fingerprint density at radius 1 is 1.27 bits per heavy atom. The van der Waals surface area contributed by atoms with Gasteiger partial charge in [-0.05, 0) is 29.1 Å². The third-order valence-corrected chi connectivity index (χ3v) is 4.07. The van der Waals surface area contributed by atoms with Crippen LogP contribution in [0.25, 0.3) is 5.70 Å². The summed E-state index contributed by atoms with van der Waals surface area (Å²) in [7, 11) is 0. The highest BCUT2D eigenvalue weighted by Gasteiger charge is 2.14. The minimum Gasteiger partial charge on any atom is -0.486 e. The zero-order chi connectivity index (χ0) is 15.5. The van der Waals surface area contributed by atoms with Crippen LogP contribution in [0.1, 0.15) is 11.1 Å².